The number of amides is 2. The molecule has 0 N–H and O–H groups in total. The van der Waals surface area contributed by atoms with Crippen molar-refractivity contribution in [3.05, 3.63) is 0 Å². The van der Waals surface area contributed by atoms with Gasteiger partial charge in [-0.2, -0.15) is 0 Å². The van der Waals surface area contributed by atoms with Gasteiger partial charge in [-0.1, -0.05) is 20.3 Å². The Hall–Kier alpha value is -1.21. The largest absolute Gasteiger partial charge is 0.340 e. The molecule has 142 valence electrons. The van der Waals surface area contributed by atoms with Crippen LogP contribution in [0.3, 0.4) is 0 Å². The van der Waals surface area contributed by atoms with Gasteiger partial charge in [0.2, 0.25) is 5.91 Å². The summed E-state index contributed by atoms with van der Waals surface area (Å²) in [6.07, 6.45) is 3.34. The second-order valence-corrected chi connectivity index (χ2v) is 7.80. The number of carbonyl (C=O) groups is 2. The summed E-state index contributed by atoms with van der Waals surface area (Å²) in [5.74, 6) is 0.463. The molecule has 0 aromatic rings. The lowest BCUT2D eigenvalue weighted by Crippen LogP contribution is -2.49. The molecule has 0 aromatic heterocycles. The third-order valence-corrected chi connectivity index (χ3v) is 5.75. The van der Waals surface area contributed by atoms with Crippen molar-refractivity contribution < 1.29 is 9.59 Å². The average molecular weight is 369 g/mol. The predicted octanol–water partition coefficient (Wildman–Crippen LogP) is 1.40. The third kappa shape index (κ3) is 4.91. The van der Waals surface area contributed by atoms with Crippen LogP contribution in [0.2, 0.25) is 0 Å². The quantitative estimate of drug-likeness (QED) is 0.502. The molecule has 2 rings (SSSR count). The van der Waals surface area contributed by atoms with E-state index in [0.717, 1.165) is 58.5 Å². The Morgan fingerprint density at radius 2 is 1.72 bits per heavy atom. The molecule has 7 heteroatoms. The molecule has 2 saturated heterocycles. The number of rotatable bonds is 7. The van der Waals surface area contributed by atoms with Crippen molar-refractivity contribution in [2.75, 3.05) is 46.3 Å². The minimum atomic E-state index is -0.121. The summed E-state index contributed by atoms with van der Waals surface area (Å²) in [4.78, 5) is 31.9. The minimum Gasteiger partial charge on any atom is -0.340 e. The van der Waals surface area contributed by atoms with Crippen molar-refractivity contribution in [2.24, 2.45) is 5.92 Å². The lowest BCUT2D eigenvalue weighted by molar-refractivity contribution is -0.136. The Morgan fingerprint density at radius 3 is 2.24 bits per heavy atom. The molecule has 0 spiro atoms. The standard InChI is InChI=1S/C18H32N4O2S/c1-14(2)16(23)21-12-10-20(11-13-21)8-6-5-7-9-22-15(3)17(24)19(4)18(22)25/h14-15H,5-13H2,1-4H3. The van der Waals surface area contributed by atoms with Gasteiger partial charge in [-0.15, -0.1) is 0 Å². The molecule has 2 fully saturated rings. The van der Waals surface area contributed by atoms with Gasteiger partial charge < -0.3 is 9.80 Å². The van der Waals surface area contributed by atoms with E-state index in [4.69, 9.17) is 12.2 Å². The van der Waals surface area contributed by atoms with E-state index in [-0.39, 0.29) is 23.8 Å². The van der Waals surface area contributed by atoms with Crippen molar-refractivity contribution in [3.8, 4) is 0 Å². The van der Waals surface area contributed by atoms with E-state index in [0.29, 0.717) is 5.11 Å². The highest BCUT2D eigenvalue weighted by Crippen LogP contribution is 2.17. The fourth-order valence-corrected chi connectivity index (χ4v) is 3.85. The lowest BCUT2D eigenvalue weighted by Gasteiger charge is -2.35. The summed E-state index contributed by atoms with van der Waals surface area (Å²) in [5.41, 5.74) is 0. The first-order valence-electron chi connectivity index (χ1n) is 9.42. The Kier molecular flexibility index (Phi) is 7.19. The maximum absolute atomic E-state index is 12.0. The first kappa shape index (κ1) is 20.1. The zero-order valence-electron chi connectivity index (χ0n) is 16.0. The summed E-state index contributed by atoms with van der Waals surface area (Å²) in [5, 5.41) is 0.656. The normalized spacial score (nSPS) is 22.4. The number of nitrogens with zero attached hydrogens (tertiary/aromatic N) is 4. The topological polar surface area (TPSA) is 47.1 Å². The molecule has 2 heterocycles. The summed E-state index contributed by atoms with van der Waals surface area (Å²) >= 11 is 5.34. The van der Waals surface area contributed by atoms with Crippen LogP contribution in [0, 0.1) is 5.92 Å². The molecule has 1 unspecified atom stereocenters. The van der Waals surface area contributed by atoms with Crippen molar-refractivity contribution >= 4 is 29.1 Å². The average Bonchev–Trinajstić information content (AvgIpc) is 2.78. The van der Waals surface area contributed by atoms with Gasteiger partial charge in [0.25, 0.3) is 5.91 Å². The number of piperazine rings is 1. The fraction of sp³-hybridized carbons (Fsp3) is 0.833. The van der Waals surface area contributed by atoms with E-state index in [1.165, 1.54) is 0 Å². The molecule has 25 heavy (non-hydrogen) atoms. The van der Waals surface area contributed by atoms with Crippen LogP contribution in [-0.2, 0) is 9.59 Å². The van der Waals surface area contributed by atoms with E-state index in [2.05, 4.69) is 4.90 Å². The summed E-state index contributed by atoms with van der Waals surface area (Å²) < 4.78 is 0. The molecular formula is C18H32N4O2S. The van der Waals surface area contributed by atoms with Crippen LogP contribution in [0.5, 0.6) is 0 Å². The zero-order chi connectivity index (χ0) is 18.6. The van der Waals surface area contributed by atoms with Gasteiger partial charge in [0.05, 0.1) is 0 Å². The second-order valence-electron chi connectivity index (χ2n) is 7.43. The molecule has 0 saturated carbocycles. The molecule has 2 aliphatic rings. The molecule has 0 bridgehead atoms. The third-order valence-electron chi connectivity index (χ3n) is 5.24. The van der Waals surface area contributed by atoms with Crippen LogP contribution >= 0.6 is 12.2 Å². The van der Waals surface area contributed by atoms with E-state index in [1.807, 2.05) is 30.6 Å². The van der Waals surface area contributed by atoms with Gasteiger partial charge in [-0.05, 0) is 38.5 Å². The molecule has 0 radical (unpaired) electrons. The van der Waals surface area contributed by atoms with E-state index >= 15 is 0 Å². The van der Waals surface area contributed by atoms with E-state index in [1.54, 1.807) is 11.9 Å². The van der Waals surface area contributed by atoms with Crippen molar-refractivity contribution in [3.63, 3.8) is 0 Å². The maximum Gasteiger partial charge on any atom is 0.250 e. The highest BCUT2D eigenvalue weighted by Gasteiger charge is 2.36. The van der Waals surface area contributed by atoms with Gasteiger partial charge in [-0.3, -0.25) is 19.4 Å². The van der Waals surface area contributed by atoms with E-state index in [9.17, 15) is 9.59 Å². The molecule has 2 amide bonds. The van der Waals surface area contributed by atoms with Gasteiger partial charge >= 0.3 is 0 Å². The van der Waals surface area contributed by atoms with Crippen LogP contribution in [0.4, 0.5) is 0 Å². The monoisotopic (exact) mass is 368 g/mol. The molecule has 2 aliphatic heterocycles. The molecular weight excluding hydrogens is 336 g/mol. The fourth-order valence-electron chi connectivity index (χ4n) is 3.51. The Bertz CT molecular complexity index is 503. The van der Waals surface area contributed by atoms with Crippen LogP contribution < -0.4 is 0 Å². The Labute approximate surface area is 157 Å². The highest BCUT2D eigenvalue weighted by atomic mass is 32.1. The summed E-state index contributed by atoms with van der Waals surface area (Å²) in [7, 11) is 1.75. The smallest absolute Gasteiger partial charge is 0.250 e. The minimum absolute atomic E-state index is 0.0940. The molecule has 1 atom stereocenters. The number of carbonyl (C=O) groups excluding carboxylic acids is 2. The lowest BCUT2D eigenvalue weighted by atomic mass is 10.1. The highest BCUT2D eigenvalue weighted by molar-refractivity contribution is 7.80. The van der Waals surface area contributed by atoms with Crippen LogP contribution in [0.1, 0.15) is 40.0 Å². The first-order valence-corrected chi connectivity index (χ1v) is 9.83. The molecule has 0 aliphatic carbocycles. The van der Waals surface area contributed by atoms with Crippen LogP contribution in [-0.4, -0.2) is 88.9 Å². The number of thiocarbonyl (C=S) groups is 1. The summed E-state index contributed by atoms with van der Waals surface area (Å²) in [6, 6.07) is -0.121. The van der Waals surface area contributed by atoms with Crippen molar-refractivity contribution in [2.45, 2.75) is 46.1 Å². The van der Waals surface area contributed by atoms with Gasteiger partial charge in [0.15, 0.2) is 5.11 Å². The maximum atomic E-state index is 12.0. The predicted molar refractivity (Wildman–Crippen MR) is 103 cm³/mol. The van der Waals surface area contributed by atoms with Gasteiger partial charge in [-0.25, -0.2) is 0 Å². The number of likely N-dealkylation sites (N-methyl/N-ethyl adjacent to an activating group) is 1. The van der Waals surface area contributed by atoms with Gasteiger partial charge in [0.1, 0.15) is 6.04 Å². The van der Waals surface area contributed by atoms with Gasteiger partial charge in [0, 0.05) is 45.7 Å². The zero-order valence-corrected chi connectivity index (χ0v) is 16.8. The van der Waals surface area contributed by atoms with Crippen molar-refractivity contribution in [1.82, 2.24) is 19.6 Å². The second kappa shape index (κ2) is 8.94. The SMILES string of the molecule is CC(C)C(=O)N1CCN(CCCCCN2C(=S)N(C)C(=O)C2C)CC1. The molecule has 6 nitrogen and oxygen atoms in total. The first-order chi connectivity index (χ1) is 11.8. The Balaban J connectivity index is 1.59. The van der Waals surface area contributed by atoms with Crippen LogP contribution in [0.15, 0.2) is 0 Å². The number of unbranched alkanes of at least 4 members (excludes halogenated alkanes) is 2. The number of hydrogen-bond donors (Lipinski definition) is 0. The molecule has 0 aromatic carbocycles. The number of hydrogen-bond acceptors (Lipinski definition) is 4. The van der Waals surface area contributed by atoms with Crippen LogP contribution in [0.25, 0.3) is 0 Å². The van der Waals surface area contributed by atoms with Crippen molar-refractivity contribution in [1.29, 1.82) is 0 Å². The Morgan fingerprint density at radius 1 is 1.12 bits per heavy atom. The summed E-state index contributed by atoms with van der Waals surface area (Å²) in [6.45, 7) is 11.5. The van der Waals surface area contributed by atoms with E-state index < -0.39 is 0 Å².